The first-order chi connectivity index (χ1) is 15.0. The van der Waals surface area contributed by atoms with E-state index in [0.29, 0.717) is 5.56 Å². The number of aryl methyl sites for hydroxylation is 1. The van der Waals surface area contributed by atoms with Gasteiger partial charge in [0.2, 0.25) is 0 Å². The molecule has 1 atom stereocenters. The van der Waals surface area contributed by atoms with Crippen molar-refractivity contribution in [2.75, 3.05) is 23.3 Å². The number of halogens is 1. The van der Waals surface area contributed by atoms with E-state index in [9.17, 15) is 14.0 Å². The van der Waals surface area contributed by atoms with Gasteiger partial charge in [0.05, 0.1) is 6.04 Å². The topological polar surface area (TPSA) is 74.3 Å². The minimum Gasteiger partial charge on any atom is -0.362 e. The molecule has 0 saturated heterocycles. The summed E-state index contributed by atoms with van der Waals surface area (Å²) in [4.78, 5) is 31.2. The molecule has 0 fully saturated rings. The third kappa shape index (κ3) is 4.55. The highest BCUT2D eigenvalue weighted by Crippen LogP contribution is 2.34. The van der Waals surface area contributed by atoms with Crippen LogP contribution in [0.1, 0.15) is 22.7 Å². The van der Waals surface area contributed by atoms with E-state index in [4.69, 9.17) is 0 Å². The number of para-hydroxylation sites is 1. The smallest absolute Gasteiger partial charge is 0.313 e. The van der Waals surface area contributed by atoms with Gasteiger partial charge in [0.1, 0.15) is 5.82 Å². The lowest BCUT2D eigenvalue weighted by Crippen LogP contribution is -2.41. The number of hydrogen-bond acceptors (Lipinski definition) is 4. The zero-order chi connectivity index (χ0) is 21.8. The van der Waals surface area contributed by atoms with Crippen molar-refractivity contribution in [3.8, 4) is 0 Å². The maximum absolute atomic E-state index is 13.7. The van der Waals surface area contributed by atoms with Crippen molar-refractivity contribution in [2.45, 2.75) is 19.4 Å². The summed E-state index contributed by atoms with van der Waals surface area (Å²) in [6.07, 6.45) is 4.39. The Morgan fingerprint density at radius 1 is 1.13 bits per heavy atom. The van der Waals surface area contributed by atoms with E-state index in [0.717, 1.165) is 24.2 Å². The molecule has 1 aromatic heterocycles. The summed E-state index contributed by atoms with van der Waals surface area (Å²) >= 11 is 0. The van der Waals surface area contributed by atoms with Crippen LogP contribution in [0.3, 0.4) is 0 Å². The lowest BCUT2D eigenvalue weighted by Gasteiger charge is -2.30. The highest BCUT2D eigenvalue weighted by atomic mass is 19.1. The third-order valence-corrected chi connectivity index (χ3v) is 5.46. The van der Waals surface area contributed by atoms with Crippen LogP contribution in [-0.4, -0.2) is 29.9 Å². The molecule has 0 spiro atoms. The normalized spacial score (nSPS) is 13.4. The van der Waals surface area contributed by atoms with Crippen molar-refractivity contribution in [3.05, 3.63) is 89.5 Å². The minimum absolute atomic E-state index is 0.175. The number of rotatable bonds is 5. The van der Waals surface area contributed by atoms with E-state index in [2.05, 4.69) is 32.7 Å². The fraction of sp³-hybridized carbons (Fsp3) is 0.208. The van der Waals surface area contributed by atoms with Gasteiger partial charge in [0, 0.05) is 36.9 Å². The van der Waals surface area contributed by atoms with Crippen LogP contribution in [0.25, 0.3) is 0 Å². The molecule has 7 heteroatoms. The average Bonchev–Trinajstić information content (AvgIpc) is 3.21. The molecule has 31 heavy (non-hydrogen) atoms. The molecular formula is C24H23FN4O2. The maximum atomic E-state index is 13.7. The zero-order valence-corrected chi connectivity index (χ0v) is 17.1. The number of anilines is 2. The van der Waals surface area contributed by atoms with Crippen LogP contribution in [-0.2, 0) is 16.0 Å². The monoisotopic (exact) mass is 418 g/mol. The molecule has 0 aliphatic carbocycles. The van der Waals surface area contributed by atoms with Gasteiger partial charge in [0.15, 0.2) is 0 Å². The maximum Gasteiger partial charge on any atom is 0.313 e. The van der Waals surface area contributed by atoms with Crippen molar-refractivity contribution < 1.29 is 14.0 Å². The molecule has 3 aromatic rings. The molecule has 1 aliphatic rings. The second-order valence-electron chi connectivity index (χ2n) is 7.50. The molecular weight excluding hydrogens is 395 g/mol. The fourth-order valence-corrected chi connectivity index (χ4v) is 3.80. The Bertz CT molecular complexity index is 1100. The van der Waals surface area contributed by atoms with Gasteiger partial charge in [-0.2, -0.15) is 0 Å². The van der Waals surface area contributed by atoms with Crippen molar-refractivity contribution in [3.63, 3.8) is 0 Å². The summed E-state index contributed by atoms with van der Waals surface area (Å²) in [5, 5.41) is 5.16. The van der Waals surface area contributed by atoms with Crippen LogP contribution in [0.15, 0.2) is 67.0 Å². The number of amides is 2. The Balaban J connectivity index is 1.47. The summed E-state index contributed by atoms with van der Waals surface area (Å²) in [6.45, 7) is 2.67. The lowest BCUT2D eigenvalue weighted by molar-refractivity contribution is -0.136. The first kappa shape index (κ1) is 20.5. The first-order valence-corrected chi connectivity index (χ1v) is 10.1. The Hall–Kier alpha value is -3.74. The van der Waals surface area contributed by atoms with E-state index >= 15 is 0 Å². The van der Waals surface area contributed by atoms with Crippen LogP contribution in [0.5, 0.6) is 0 Å². The Kier molecular flexibility index (Phi) is 5.93. The Morgan fingerprint density at radius 3 is 2.74 bits per heavy atom. The van der Waals surface area contributed by atoms with E-state index in [1.54, 1.807) is 31.5 Å². The van der Waals surface area contributed by atoms with Gasteiger partial charge in [-0.25, -0.2) is 4.39 Å². The molecule has 0 saturated carbocycles. The summed E-state index contributed by atoms with van der Waals surface area (Å²) in [5.41, 5.74) is 4.01. The number of carbonyl (C=O) groups is 2. The molecule has 2 aromatic carbocycles. The number of aromatic nitrogens is 1. The zero-order valence-electron chi connectivity index (χ0n) is 17.1. The number of nitrogens with zero attached hydrogens (tertiary/aromatic N) is 2. The van der Waals surface area contributed by atoms with Crippen molar-refractivity contribution in [2.24, 2.45) is 0 Å². The molecule has 0 bridgehead atoms. The highest BCUT2D eigenvalue weighted by Gasteiger charge is 2.28. The summed E-state index contributed by atoms with van der Waals surface area (Å²) in [5.74, 6) is -2.06. The van der Waals surface area contributed by atoms with Gasteiger partial charge in [-0.1, -0.05) is 30.3 Å². The number of nitrogens with one attached hydrogen (secondary N) is 2. The van der Waals surface area contributed by atoms with Crippen molar-refractivity contribution in [1.82, 2.24) is 10.3 Å². The van der Waals surface area contributed by atoms with Gasteiger partial charge >= 0.3 is 11.8 Å². The van der Waals surface area contributed by atoms with Crippen molar-refractivity contribution >= 4 is 23.2 Å². The fourth-order valence-electron chi connectivity index (χ4n) is 3.80. The predicted molar refractivity (Wildman–Crippen MR) is 117 cm³/mol. The summed E-state index contributed by atoms with van der Waals surface area (Å²) in [6, 6.07) is 16.1. The second kappa shape index (κ2) is 8.95. The number of hydrogen-bond donors (Lipinski definition) is 2. The number of fused-ring (bicyclic) bond motifs is 1. The molecule has 6 nitrogen and oxygen atoms in total. The van der Waals surface area contributed by atoms with Gasteiger partial charge in [-0.05, 0) is 54.3 Å². The van der Waals surface area contributed by atoms with Crippen LogP contribution in [0, 0.1) is 12.7 Å². The standard InChI is InChI=1S/C24H23FN4O2/c1-16-8-9-19(13-20(16)25)28-24(31)23(30)27-15-22(18-6-4-11-26-14-18)29-12-10-17-5-2-3-7-21(17)29/h2-9,11,13-14,22H,10,12,15H2,1H3,(H,27,30)(H,28,31). The summed E-state index contributed by atoms with van der Waals surface area (Å²) < 4.78 is 13.7. The molecule has 1 unspecified atom stereocenters. The second-order valence-corrected chi connectivity index (χ2v) is 7.50. The average molecular weight is 418 g/mol. The molecule has 1 aliphatic heterocycles. The number of benzene rings is 2. The van der Waals surface area contributed by atoms with E-state index in [-0.39, 0.29) is 18.3 Å². The molecule has 0 radical (unpaired) electrons. The molecule has 158 valence electrons. The van der Waals surface area contributed by atoms with E-state index < -0.39 is 17.6 Å². The predicted octanol–water partition coefficient (Wildman–Crippen LogP) is 3.39. The van der Waals surface area contributed by atoms with Gasteiger partial charge in [-0.3, -0.25) is 14.6 Å². The van der Waals surface area contributed by atoms with Crippen molar-refractivity contribution in [1.29, 1.82) is 0 Å². The summed E-state index contributed by atoms with van der Waals surface area (Å²) in [7, 11) is 0. The highest BCUT2D eigenvalue weighted by molar-refractivity contribution is 6.39. The number of pyridine rings is 1. The number of carbonyl (C=O) groups excluding carboxylic acids is 2. The molecule has 2 heterocycles. The quantitative estimate of drug-likeness (QED) is 0.623. The van der Waals surface area contributed by atoms with Crippen LogP contribution < -0.4 is 15.5 Å². The minimum atomic E-state index is -0.838. The van der Waals surface area contributed by atoms with E-state index in [1.165, 1.54) is 11.6 Å². The largest absolute Gasteiger partial charge is 0.362 e. The Labute approximate surface area is 180 Å². The third-order valence-electron chi connectivity index (χ3n) is 5.46. The van der Waals surface area contributed by atoms with Gasteiger partial charge < -0.3 is 15.5 Å². The van der Waals surface area contributed by atoms with Gasteiger partial charge in [-0.15, -0.1) is 0 Å². The van der Waals surface area contributed by atoms with Gasteiger partial charge in [0.25, 0.3) is 0 Å². The van der Waals surface area contributed by atoms with Crippen LogP contribution >= 0.6 is 0 Å². The van der Waals surface area contributed by atoms with Crippen LogP contribution in [0.2, 0.25) is 0 Å². The SMILES string of the molecule is Cc1ccc(NC(=O)C(=O)NCC(c2cccnc2)N2CCc3ccccc32)cc1F. The lowest BCUT2D eigenvalue weighted by atomic mass is 10.1. The molecule has 2 N–H and O–H groups in total. The molecule has 2 amide bonds. The van der Waals surface area contributed by atoms with Crippen LogP contribution in [0.4, 0.5) is 15.8 Å². The Morgan fingerprint density at radius 2 is 1.97 bits per heavy atom. The first-order valence-electron chi connectivity index (χ1n) is 10.1. The molecule has 4 rings (SSSR count). The van der Waals surface area contributed by atoms with E-state index in [1.807, 2.05) is 24.3 Å².